The van der Waals surface area contributed by atoms with Crippen molar-refractivity contribution in [2.24, 2.45) is 0 Å². The Hall–Kier alpha value is -1.64. The molecule has 1 aliphatic carbocycles. The summed E-state index contributed by atoms with van der Waals surface area (Å²) in [6.45, 7) is 1.92. The Kier molecular flexibility index (Phi) is 2.54. The Balaban J connectivity index is 2.40. The number of carbonyl (C=O) groups excluding carboxylic acids is 1. The van der Waals surface area contributed by atoms with E-state index < -0.39 is 5.97 Å². The summed E-state index contributed by atoms with van der Waals surface area (Å²) >= 11 is 0. The van der Waals surface area contributed by atoms with E-state index in [0.29, 0.717) is 5.56 Å². The number of aliphatic carboxylic acids is 1. The Morgan fingerprint density at radius 2 is 2.19 bits per heavy atom. The smallest absolute Gasteiger partial charge is 0.304 e. The normalized spacial score (nSPS) is 16.8. The fourth-order valence-corrected chi connectivity index (χ4v) is 2.24. The summed E-state index contributed by atoms with van der Waals surface area (Å²) in [5.74, 6) is -0.796. The second-order valence-electron chi connectivity index (χ2n) is 4.56. The molecule has 0 saturated heterocycles. The van der Waals surface area contributed by atoms with Crippen LogP contribution in [-0.4, -0.2) is 17.4 Å². The van der Waals surface area contributed by atoms with Crippen molar-refractivity contribution in [2.45, 2.75) is 31.6 Å². The summed E-state index contributed by atoms with van der Waals surface area (Å²) in [5.41, 5.74) is 2.28. The third-order valence-electron chi connectivity index (χ3n) is 3.25. The molecule has 0 bridgehead atoms. The predicted molar refractivity (Wildman–Crippen MR) is 59.7 cm³/mol. The van der Waals surface area contributed by atoms with Crippen molar-refractivity contribution in [3.8, 4) is 0 Å². The quantitative estimate of drug-likeness (QED) is 0.789. The lowest BCUT2D eigenvalue weighted by Crippen LogP contribution is -2.15. The number of hydrogen-bond acceptors (Lipinski definition) is 2. The van der Waals surface area contributed by atoms with Crippen LogP contribution in [0.15, 0.2) is 18.2 Å². The lowest BCUT2D eigenvalue weighted by atomic mass is 9.88. The van der Waals surface area contributed by atoms with Gasteiger partial charge in [-0.3, -0.25) is 9.59 Å². The van der Waals surface area contributed by atoms with E-state index in [-0.39, 0.29) is 11.8 Å². The molecule has 1 aliphatic rings. The van der Waals surface area contributed by atoms with Crippen molar-refractivity contribution < 1.29 is 14.7 Å². The SMILES string of the molecule is Cc1ccc(C2(CC(=O)O)CC2)c(C=O)c1. The van der Waals surface area contributed by atoms with E-state index in [1.165, 1.54) is 0 Å². The van der Waals surface area contributed by atoms with E-state index in [0.717, 1.165) is 30.3 Å². The van der Waals surface area contributed by atoms with Gasteiger partial charge in [0.1, 0.15) is 6.29 Å². The largest absolute Gasteiger partial charge is 0.481 e. The van der Waals surface area contributed by atoms with Gasteiger partial charge in [0.25, 0.3) is 0 Å². The molecule has 0 atom stereocenters. The van der Waals surface area contributed by atoms with E-state index in [1.54, 1.807) is 0 Å². The summed E-state index contributed by atoms with van der Waals surface area (Å²) in [7, 11) is 0. The molecule has 1 aromatic carbocycles. The third-order valence-corrected chi connectivity index (χ3v) is 3.25. The van der Waals surface area contributed by atoms with Crippen LogP contribution in [0.25, 0.3) is 0 Å². The van der Waals surface area contributed by atoms with Gasteiger partial charge in [-0.05, 0) is 31.4 Å². The van der Waals surface area contributed by atoms with Crippen LogP contribution in [-0.2, 0) is 10.2 Å². The highest BCUT2D eigenvalue weighted by atomic mass is 16.4. The molecule has 0 heterocycles. The molecule has 84 valence electrons. The topological polar surface area (TPSA) is 54.4 Å². The maximum atomic E-state index is 11.0. The monoisotopic (exact) mass is 218 g/mol. The number of aryl methyl sites for hydroxylation is 1. The zero-order valence-corrected chi connectivity index (χ0v) is 9.19. The minimum Gasteiger partial charge on any atom is -0.481 e. The first-order valence-corrected chi connectivity index (χ1v) is 5.35. The van der Waals surface area contributed by atoms with E-state index in [2.05, 4.69) is 0 Å². The highest BCUT2D eigenvalue weighted by Gasteiger charge is 2.47. The van der Waals surface area contributed by atoms with Crippen LogP contribution in [0.4, 0.5) is 0 Å². The minimum atomic E-state index is -0.796. The maximum Gasteiger partial charge on any atom is 0.304 e. The van der Waals surface area contributed by atoms with Crippen LogP contribution in [0.3, 0.4) is 0 Å². The molecule has 0 aliphatic heterocycles. The minimum absolute atomic E-state index is 0.122. The average Bonchev–Trinajstić information content (AvgIpc) is 2.97. The van der Waals surface area contributed by atoms with Crippen molar-refractivity contribution in [1.29, 1.82) is 0 Å². The number of benzene rings is 1. The van der Waals surface area contributed by atoms with Crippen LogP contribution in [0.5, 0.6) is 0 Å². The van der Waals surface area contributed by atoms with E-state index in [9.17, 15) is 9.59 Å². The number of carboxylic acid groups (broad SMARTS) is 1. The summed E-state index contributed by atoms with van der Waals surface area (Å²) < 4.78 is 0. The lowest BCUT2D eigenvalue weighted by molar-refractivity contribution is -0.137. The van der Waals surface area contributed by atoms with E-state index in [1.807, 2.05) is 25.1 Å². The van der Waals surface area contributed by atoms with Gasteiger partial charge in [0.05, 0.1) is 6.42 Å². The fourth-order valence-electron chi connectivity index (χ4n) is 2.24. The molecule has 16 heavy (non-hydrogen) atoms. The van der Waals surface area contributed by atoms with Crippen LogP contribution in [0.2, 0.25) is 0 Å². The van der Waals surface area contributed by atoms with Gasteiger partial charge in [0, 0.05) is 11.0 Å². The molecule has 1 aromatic rings. The van der Waals surface area contributed by atoms with Gasteiger partial charge in [0.2, 0.25) is 0 Å². The zero-order chi connectivity index (χ0) is 11.8. The zero-order valence-electron chi connectivity index (χ0n) is 9.19. The van der Waals surface area contributed by atoms with Gasteiger partial charge in [-0.25, -0.2) is 0 Å². The second-order valence-corrected chi connectivity index (χ2v) is 4.56. The Bertz CT molecular complexity index is 444. The van der Waals surface area contributed by atoms with Gasteiger partial charge in [-0.2, -0.15) is 0 Å². The Labute approximate surface area is 94.1 Å². The predicted octanol–water partition coefficient (Wildman–Crippen LogP) is 2.31. The Morgan fingerprint density at radius 3 is 2.69 bits per heavy atom. The number of carbonyl (C=O) groups is 2. The average molecular weight is 218 g/mol. The van der Waals surface area contributed by atoms with Gasteiger partial charge in [0.15, 0.2) is 0 Å². The molecule has 3 nitrogen and oxygen atoms in total. The van der Waals surface area contributed by atoms with Crippen LogP contribution >= 0.6 is 0 Å². The lowest BCUT2D eigenvalue weighted by Gasteiger charge is -2.15. The first kappa shape index (κ1) is 10.9. The summed E-state index contributed by atoms with van der Waals surface area (Å²) in [6, 6.07) is 5.66. The van der Waals surface area contributed by atoms with E-state index >= 15 is 0 Å². The number of aldehydes is 1. The molecular formula is C13H14O3. The molecule has 2 rings (SSSR count). The molecule has 0 unspecified atom stereocenters. The van der Waals surface area contributed by atoms with Crippen molar-refractivity contribution in [2.75, 3.05) is 0 Å². The van der Waals surface area contributed by atoms with Gasteiger partial charge >= 0.3 is 5.97 Å². The first-order chi connectivity index (χ1) is 7.57. The molecule has 0 spiro atoms. The summed E-state index contributed by atoms with van der Waals surface area (Å²) in [5, 5.41) is 8.88. The fraction of sp³-hybridized carbons (Fsp3) is 0.385. The standard InChI is InChI=1S/C13H14O3/c1-9-2-3-11(10(6-9)8-14)13(4-5-13)7-12(15)16/h2-3,6,8H,4-5,7H2,1H3,(H,15,16). The molecule has 0 radical (unpaired) electrons. The van der Waals surface area contributed by atoms with Gasteiger partial charge < -0.3 is 5.11 Å². The molecular weight excluding hydrogens is 204 g/mol. The second kappa shape index (κ2) is 3.74. The van der Waals surface area contributed by atoms with Crippen molar-refractivity contribution in [3.63, 3.8) is 0 Å². The molecule has 0 aromatic heterocycles. The van der Waals surface area contributed by atoms with Crippen LogP contribution in [0, 0.1) is 6.92 Å². The van der Waals surface area contributed by atoms with Crippen molar-refractivity contribution in [1.82, 2.24) is 0 Å². The highest BCUT2D eigenvalue weighted by molar-refractivity contribution is 5.80. The van der Waals surface area contributed by atoms with Crippen molar-refractivity contribution >= 4 is 12.3 Å². The first-order valence-electron chi connectivity index (χ1n) is 5.35. The highest BCUT2D eigenvalue weighted by Crippen LogP contribution is 2.51. The number of rotatable bonds is 4. The molecule has 1 saturated carbocycles. The number of carboxylic acids is 1. The summed E-state index contributed by atoms with van der Waals surface area (Å²) in [6.07, 6.45) is 2.67. The molecule has 0 amide bonds. The van der Waals surface area contributed by atoms with E-state index in [4.69, 9.17) is 5.11 Å². The molecule has 1 N–H and O–H groups in total. The third kappa shape index (κ3) is 1.85. The maximum absolute atomic E-state index is 11.0. The summed E-state index contributed by atoms with van der Waals surface area (Å²) in [4.78, 5) is 21.8. The molecule has 3 heteroatoms. The van der Waals surface area contributed by atoms with Crippen LogP contribution in [0.1, 0.15) is 40.7 Å². The number of hydrogen-bond donors (Lipinski definition) is 1. The van der Waals surface area contributed by atoms with Crippen molar-refractivity contribution in [3.05, 3.63) is 34.9 Å². The van der Waals surface area contributed by atoms with Gasteiger partial charge in [-0.15, -0.1) is 0 Å². The van der Waals surface area contributed by atoms with Crippen LogP contribution < -0.4 is 0 Å². The molecule has 1 fully saturated rings. The Morgan fingerprint density at radius 1 is 1.50 bits per heavy atom. The van der Waals surface area contributed by atoms with Gasteiger partial charge in [-0.1, -0.05) is 17.7 Å².